The van der Waals surface area contributed by atoms with Crippen LogP contribution in [0.5, 0.6) is 5.75 Å². The van der Waals surface area contributed by atoms with E-state index in [2.05, 4.69) is 10.6 Å². The Bertz CT molecular complexity index is 882. The number of ether oxygens (including phenoxy) is 1. The van der Waals surface area contributed by atoms with Gasteiger partial charge >= 0.3 is 0 Å². The van der Waals surface area contributed by atoms with Gasteiger partial charge < -0.3 is 15.4 Å². The van der Waals surface area contributed by atoms with Gasteiger partial charge in [0.05, 0.1) is 5.02 Å². The predicted octanol–water partition coefficient (Wildman–Crippen LogP) is 4.60. The number of benzene rings is 2. The Labute approximate surface area is 168 Å². The Morgan fingerprint density at radius 1 is 1.15 bits per heavy atom. The van der Waals surface area contributed by atoms with Crippen molar-refractivity contribution in [3.8, 4) is 5.75 Å². The fourth-order valence-electron chi connectivity index (χ4n) is 2.44. The third-order valence-electron chi connectivity index (χ3n) is 4.24. The summed E-state index contributed by atoms with van der Waals surface area (Å²) >= 11 is 11.9. The van der Waals surface area contributed by atoms with E-state index >= 15 is 0 Å². The molecule has 2 amide bonds. The Kier molecular flexibility index (Phi) is 5.92. The summed E-state index contributed by atoms with van der Waals surface area (Å²) in [5.41, 5.74) is 1.93. The lowest BCUT2D eigenvalue weighted by Gasteiger charge is -2.17. The quantitative estimate of drug-likeness (QED) is 0.736. The Hall–Kier alpha value is -2.24. The molecule has 1 atom stereocenters. The number of anilines is 1. The van der Waals surface area contributed by atoms with E-state index in [0.29, 0.717) is 27.0 Å². The minimum atomic E-state index is -0.785. The Balaban J connectivity index is 1.67. The number of rotatable bonds is 6. The van der Waals surface area contributed by atoms with Crippen LogP contribution in [-0.2, 0) is 4.79 Å². The van der Waals surface area contributed by atoms with Crippen molar-refractivity contribution in [1.29, 1.82) is 0 Å². The van der Waals surface area contributed by atoms with Crippen LogP contribution in [0.25, 0.3) is 0 Å². The van der Waals surface area contributed by atoms with E-state index in [0.717, 1.165) is 18.4 Å². The van der Waals surface area contributed by atoms with Gasteiger partial charge in [-0.05, 0) is 62.6 Å². The summed E-state index contributed by atoms with van der Waals surface area (Å²) in [4.78, 5) is 24.7. The number of amides is 2. The fourth-order valence-corrected chi connectivity index (χ4v) is 2.90. The van der Waals surface area contributed by atoms with Crippen LogP contribution in [0, 0.1) is 6.92 Å². The van der Waals surface area contributed by atoms with Crippen molar-refractivity contribution in [2.24, 2.45) is 0 Å². The van der Waals surface area contributed by atoms with Crippen LogP contribution in [-0.4, -0.2) is 24.0 Å². The van der Waals surface area contributed by atoms with Gasteiger partial charge in [-0.3, -0.25) is 9.59 Å². The Morgan fingerprint density at radius 3 is 2.56 bits per heavy atom. The summed E-state index contributed by atoms with van der Waals surface area (Å²) in [6, 6.07) is 10.3. The summed E-state index contributed by atoms with van der Waals surface area (Å²) in [7, 11) is 0. The zero-order valence-electron chi connectivity index (χ0n) is 15.0. The van der Waals surface area contributed by atoms with Gasteiger partial charge in [0.2, 0.25) is 0 Å². The lowest BCUT2D eigenvalue weighted by molar-refractivity contribution is -0.122. The number of nitrogens with one attached hydrogen (secondary N) is 2. The van der Waals surface area contributed by atoms with Crippen molar-refractivity contribution >= 4 is 40.7 Å². The second kappa shape index (κ2) is 8.19. The van der Waals surface area contributed by atoms with E-state index in [4.69, 9.17) is 27.9 Å². The molecule has 142 valence electrons. The molecule has 1 unspecified atom stereocenters. The molecular weight excluding hydrogens is 387 g/mol. The average Bonchev–Trinajstić information content (AvgIpc) is 3.43. The molecule has 5 nitrogen and oxygen atoms in total. The van der Waals surface area contributed by atoms with Crippen LogP contribution < -0.4 is 15.4 Å². The van der Waals surface area contributed by atoms with Crippen LogP contribution in [0.15, 0.2) is 36.4 Å². The van der Waals surface area contributed by atoms with Crippen LogP contribution in [0.3, 0.4) is 0 Å². The fraction of sp³-hybridized carbons (Fsp3) is 0.300. The molecule has 0 bridgehead atoms. The largest absolute Gasteiger partial charge is 0.479 e. The first-order valence-electron chi connectivity index (χ1n) is 8.67. The second-order valence-electron chi connectivity index (χ2n) is 6.60. The first-order valence-corrected chi connectivity index (χ1v) is 9.43. The standard InChI is InChI=1S/C20H20Cl2N2O3/c1-11-3-4-13(20(26)23-15-6-7-15)9-17(11)24-19(25)12(2)27-18-8-5-14(21)10-16(18)22/h3-5,8-10,12,15H,6-7H2,1-2H3,(H,23,26)(H,24,25). The summed E-state index contributed by atoms with van der Waals surface area (Å²) < 4.78 is 5.63. The van der Waals surface area contributed by atoms with Gasteiger partial charge in [-0.1, -0.05) is 29.3 Å². The molecule has 0 radical (unpaired) electrons. The summed E-state index contributed by atoms with van der Waals surface area (Å²) in [6.07, 6.45) is 1.25. The first kappa shape index (κ1) is 19.5. The van der Waals surface area contributed by atoms with Gasteiger partial charge in [0.1, 0.15) is 5.75 Å². The third-order valence-corrected chi connectivity index (χ3v) is 4.77. The van der Waals surface area contributed by atoms with E-state index in [-0.39, 0.29) is 17.9 Å². The van der Waals surface area contributed by atoms with Crippen LogP contribution in [0.4, 0.5) is 5.69 Å². The minimum Gasteiger partial charge on any atom is -0.479 e. The topological polar surface area (TPSA) is 67.4 Å². The number of hydrogen-bond acceptors (Lipinski definition) is 3. The molecule has 2 aromatic carbocycles. The van der Waals surface area contributed by atoms with E-state index in [1.54, 1.807) is 43.3 Å². The lowest BCUT2D eigenvalue weighted by atomic mass is 10.1. The van der Waals surface area contributed by atoms with Crippen molar-refractivity contribution in [2.75, 3.05) is 5.32 Å². The molecule has 0 spiro atoms. The number of hydrogen-bond donors (Lipinski definition) is 2. The van der Waals surface area contributed by atoms with Crippen LogP contribution in [0.1, 0.15) is 35.7 Å². The molecule has 0 heterocycles. The van der Waals surface area contributed by atoms with Gasteiger partial charge in [-0.2, -0.15) is 0 Å². The smallest absolute Gasteiger partial charge is 0.265 e. The summed E-state index contributed by atoms with van der Waals surface area (Å²) in [5, 5.41) is 6.56. The number of carbonyl (C=O) groups excluding carboxylic acids is 2. The molecule has 27 heavy (non-hydrogen) atoms. The molecular formula is C20H20Cl2N2O3. The molecule has 7 heteroatoms. The van der Waals surface area contributed by atoms with Crippen LogP contribution in [0.2, 0.25) is 10.0 Å². The molecule has 2 N–H and O–H groups in total. The molecule has 0 aromatic heterocycles. The molecule has 1 fully saturated rings. The maximum absolute atomic E-state index is 12.5. The summed E-state index contributed by atoms with van der Waals surface area (Å²) in [6.45, 7) is 3.49. The Morgan fingerprint density at radius 2 is 1.89 bits per heavy atom. The molecule has 3 rings (SSSR count). The number of halogens is 2. The molecule has 2 aromatic rings. The molecule has 1 aliphatic rings. The highest BCUT2D eigenvalue weighted by Gasteiger charge is 2.24. The molecule has 1 saturated carbocycles. The van der Waals surface area contributed by atoms with Crippen molar-refractivity contribution < 1.29 is 14.3 Å². The van der Waals surface area contributed by atoms with Gasteiger partial charge in [-0.15, -0.1) is 0 Å². The maximum Gasteiger partial charge on any atom is 0.265 e. The minimum absolute atomic E-state index is 0.134. The highest BCUT2D eigenvalue weighted by molar-refractivity contribution is 6.35. The monoisotopic (exact) mass is 406 g/mol. The second-order valence-corrected chi connectivity index (χ2v) is 7.45. The highest BCUT2D eigenvalue weighted by Crippen LogP contribution is 2.28. The zero-order valence-corrected chi connectivity index (χ0v) is 16.5. The number of carbonyl (C=O) groups is 2. The average molecular weight is 407 g/mol. The molecule has 0 aliphatic heterocycles. The molecule has 1 aliphatic carbocycles. The third kappa shape index (κ3) is 5.15. The maximum atomic E-state index is 12.5. The van der Waals surface area contributed by atoms with Gasteiger partial charge in [0.25, 0.3) is 11.8 Å². The van der Waals surface area contributed by atoms with Gasteiger partial charge in [-0.25, -0.2) is 0 Å². The van der Waals surface area contributed by atoms with Gasteiger partial charge in [0.15, 0.2) is 6.10 Å². The van der Waals surface area contributed by atoms with Crippen LogP contribution >= 0.6 is 23.2 Å². The van der Waals surface area contributed by atoms with E-state index in [1.807, 2.05) is 6.92 Å². The highest BCUT2D eigenvalue weighted by atomic mass is 35.5. The zero-order chi connectivity index (χ0) is 19.6. The van der Waals surface area contributed by atoms with Crippen molar-refractivity contribution in [2.45, 2.75) is 38.8 Å². The van der Waals surface area contributed by atoms with Crippen molar-refractivity contribution in [3.05, 3.63) is 57.6 Å². The lowest BCUT2D eigenvalue weighted by Crippen LogP contribution is -2.31. The molecule has 0 saturated heterocycles. The van der Waals surface area contributed by atoms with E-state index < -0.39 is 6.10 Å². The first-order chi connectivity index (χ1) is 12.8. The number of aryl methyl sites for hydroxylation is 1. The normalized spacial score (nSPS) is 14.4. The van der Waals surface area contributed by atoms with Crippen molar-refractivity contribution in [3.63, 3.8) is 0 Å². The predicted molar refractivity (Wildman–Crippen MR) is 107 cm³/mol. The SMILES string of the molecule is Cc1ccc(C(=O)NC2CC2)cc1NC(=O)C(C)Oc1ccc(Cl)cc1Cl. The summed E-state index contributed by atoms with van der Waals surface area (Å²) in [5.74, 6) is -0.105. The van der Waals surface area contributed by atoms with Gasteiger partial charge in [0, 0.05) is 22.3 Å². The van der Waals surface area contributed by atoms with E-state index in [1.165, 1.54) is 0 Å². The van der Waals surface area contributed by atoms with E-state index in [9.17, 15) is 9.59 Å². The van der Waals surface area contributed by atoms with Crippen molar-refractivity contribution in [1.82, 2.24) is 5.32 Å².